The van der Waals surface area contributed by atoms with E-state index < -0.39 is 17.8 Å². The summed E-state index contributed by atoms with van der Waals surface area (Å²) in [7, 11) is 1.81. The maximum Gasteiger partial charge on any atom is 0.307 e. The molecule has 7 heteroatoms. The number of rotatable bonds is 3. The van der Waals surface area contributed by atoms with E-state index in [-0.39, 0.29) is 5.91 Å². The minimum Gasteiger partial charge on any atom is -0.481 e. The van der Waals surface area contributed by atoms with E-state index in [0.29, 0.717) is 12.1 Å². The van der Waals surface area contributed by atoms with Gasteiger partial charge in [0, 0.05) is 12.4 Å². The van der Waals surface area contributed by atoms with Crippen molar-refractivity contribution < 1.29 is 14.7 Å². The van der Waals surface area contributed by atoms with Crippen LogP contribution in [0.5, 0.6) is 0 Å². The second kappa shape index (κ2) is 4.29. The second-order valence-corrected chi connectivity index (χ2v) is 5.08. The number of carboxylic acid groups (broad SMARTS) is 1. The van der Waals surface area contributed by atoms with Crippen LogP contribution in [0.2, 0.25) is 0 Å². The molecule has 1 amide bonds. The van der Waals surface area contributed by atoms with E-state index in [1.165, 1.54) is 0 Å². The number of carbonyl (C=O) groups excluding carboxylic acids is 1. The van der Waals surface area contributed by atoms with Gasteiger partial charge in [0.15, 0.2) is 5.65 Å². The Morgan fingerprint density at radius 2 is 2.20 bits per heavy atom. The van der Waals surface area contributed by atoms with Crippen LogP contribution in [0.1, 0.15) is 12.1 Å². The van der Waals surface area contributed by atoms with Gasteiger partial charge in [-0.25, -0.2) is 4.98 Å². The Labute approximate surface area is 114 Å². The van der Waals surface area contributed by atoms with E-state index in [0.717, 1.165) is 16.7 Å². The Morgan fingerprint density at radius 1 is 1.45 bits per heavy atom. The number of aromatic nitrogens is 3. The van der Waals surface area contributed by atoms with Crippen LogP contribution < -0.4 is 5.32 Å². The Kier molecular flexibility index (Phi) is 2.70. The molecule has 1 aliphatic carbocycles. The molecule has 0 radical (unpaired) electrons. The third-order valence-corrected chi connectivity index (χ3v) is 3.57. The zero-order valence-electron chi connectivity index (χ0n) is 11.1. The van der Waals surface area contributed by atoms with E-state index in [1.54, 1.807) is 16.9 Å². The lowest BCUT2D eigenvalue weighted by Gasteiger charge is -2.04. The maximum atomic E-state index is 11.9. The zero-order valence-corrected chi connectivity index (χ0v) is 11.1. The van der Waals surface area contributed by atoms with Gasteiger partial charge in [0.25, 0.3) is 0 Å². The normalized spacial score (nSPS) is 20.9. The number of carbonyl (C=O) groups is 2. The molecule has 0 bridgehead atoms. The number of carboxylic acids is 1. The number of pyridine rings is 1. The van der Waals surface area contributed by atoms with Crippen LogP contribution >= 0.6 is 0 Å². The Bertz CT molecular complexity index is 722. The maximum absolute atomic E-state index is 11.9. The highest BCUT2D eigenvalue weighted by Crippen LogP contribution is 2.39. The van der Waals surface area contributed by atoms with Crippen LogP contribution in [0.15, 0.2) is 12.3 Å². The van der Waals surface area contributed by atoms with Gasteiger partial charge in [-0.15, -0.1) is 0 Å². The summed E-state index contributed by atoms with van der Waals surface area (Å²) >= 11 is 0. The summed E-state index contributed by atoms with van der Waals surface area (Å²) in [5, 5.41) is 16.7. The van der Waals surface area contributed by atoms with Crippen molar-refractivity contribution in [3.8, 4) is 0 Å². The van der Waals surface area contributed by atoms with E-state index in [4.69, 9.17) is 5.11 Å². The highest BCUT2D eigenvalue weighted by molar-refractivity contribution is 5.99. The number of fused-ring (bicyclic) bond motifs is 1. The molecule has 20 heavy (non-hydrogen) atoms. The van der Waals surface area contributed by atoms with Crippen molar-refractivity contribution >= 4 is 28.6 Å². The predicted molar refractivity (Wildman–Crippen MR) is 71.1 cm³/mol. The summed E-state index contributed by atoms with van der Waals surface area (Å²) in [5.74, 6) is -2.16. The standard InChI is InChI=1S/C13H14N4O3/c1-6-8-3-7(5-14-11(8)17(2)16-6)15-12(18)9-4-10(9)13(19)20/h3,5,9-10H,4H2,1-2H3,(H,15,18)(H,19,20). The van der Waals surface area contributed by atoms with Gasteiger partial charge in [-0.2, -0.15) is 5.10 Å². The minimum absolute atomic E-state index is 0.264. The fraction of sp³-hybridized carbons (Fsp3) is 0.385. The van der Waals surface area contributed by atoms with Gasteiger partial charge in [-0.3, -0.25) is 14.3 Å². The zero-order chi connectivity index (χ0) is 14.4. The summed E-state index contributed by atoms with van der Waals surface area (Å²) in [4.78, 5) is 26.9. The summed E-state index contributed by atoms with van der Waals surface area (Å²) in [6.07, 6.45) is 1.96. The van der Waals surface area contributed by atoms with E-state index in [2.05, 4.69) is 15.4 Å². The van der Waals surface area contributed by atoms with Gasteiger partial charge in [-0.05, 0) is 19.4 Å². The van der Waals surface area contributed by atoms with Crippen molar-refractivity contribution in [3.05, 3.63) is 18.0 Å². The molecule has 3 rings (SSSR count). The lowest BCUT2D eigenvalue weighted by molar-refractivity contribution is -0.139. The fourth-order valence-corrected chi connectivity index (χ4v) is 2.37. The quantitative estimate of drug-likeness (QED) is 0.868. The van der Waals surface area contributed by atoms with Gasteiger partial charge >= 0.3 is 5.97 Å². The van der Waals surface area contributed by atoms with Gasteiger partial charge in [-0.1, -0.05) is 0 Å². The Morgan fingerprint density at radius 3 is 2.85 bits per heavy atom. The third-order valence-electron chi connectivity index (χ3n) is 3.57. The first-order valence-corrected chi connectivity index (χ1v) is 6.30. The molecule has 0 aliphatic heterocycles. The number of aryl methyl sites for hydroxylation is 2. The predicted octanol–water partition coefficient (Wildman–Crippen LogP) is 0.936. The Balaban J connectivity index is 1.80. The van der Waals surface area contributed by atoms with E-state index in [9.17, 15) is 9.59 Å². The number of hydrogen-bond donors (Lipinski definition) is 2. The summed E-state index contributed by atoms with van der Waals surface area (Å²) < 4.78 is 1.68. The summed E-state index contributed by atoms with van der Waals surface area (Å²) in [6.45, 7) is 1.87. The average Bonchev–Trinajstić information content (AvgIpc) is 3.14. The number of nitrogens with zero attached hydrogens (tertiary/aromatic N) is 3. The van der Waals surface area contributed by atoms with Crippen LogP contribution in [0.3, 0.4) is 0 Å². The van der Waals surface area contributed by atoms with Crippen molar-refractivity contribution in [2.75, 3.05) is 5.32 Å². The number of anilines is 1. The van der Waals surface area contributed by atoms with Crippen molar-refractivity contribution in [2.24, 2.45) is 18.9 Å². The van der Waals surface area contributed by atoms with Crippen molar-refractivity contribution in [1.82, 2.24) is 14.8 Å². The molecule has 1 saturated carbocycles. The molecule has 2 atom stereocenters. The first-order valence-electron chi connectivity index (χ1n) is 6.30. The number of amides is 1. The Hall–Kier alpha value is -2.44. The SMILES string of the molecule is Cc1nn(C)c2ncc(NC(=O)C3CC3C(=O)O)cc12. The van der Waals surface area contributed by atoms with Crippen LogP contribution in [-0.2, 0) is 16.6 Å². The van der Waals surface area contributed by atoms with Crippen LogP contribution in [0.25, 0.3) is 11.0 Å². The lowest BCUT2D eigenvalue weighted by atomic mass is 10.2. The molecule has 0 aromatic carbocycles. The molecule has 2 heterocycles. The molecule has 2 aromatic heterocycles. The highest BCUT2D eigenvalue weighted by atomic mass is 16.4. The minimum atomic E-state index is -0.915. The topological polar surface area (TPSA) is 97.1 Å². The number of hydrogen-bond acceptors (Lipinski definition) is 4. The van der Waals surface area contributed by atoms with Crippen LogP contribution in [-0.4, -0.2) is 31.7 Å². The highest BCUT2D eigenvalue weighted by Gasteiger charge is 2.48. The van der Waals surface area contributed by atoms with Crippen molar-refractivity contribution in [2.45, 2.75) is 13.3 Å². The largest absolute Gasteiger partial charge is 0.481 e. The van der Waals surface area contributed by atoms with Gasteiger partial charge in [0.1, 0.15) is 0 Å². The molecule has 7 nitrogen and oxygen atoms in total. The van der Waals surface area contributed by atoms with Gasteiger partial charge < -0.3 is 10.4 Å². The monoisotopic (exact) mass is 274 g/mol. The second-order valence-electron chi connectivity index (χ2n) is 5.08. The summed E-state index contributed by atoms with van der Waals surface area (Å²) in [5.41, 5.74) is 2.14. The molecule has 1 aliphatic rings. The molecule has 2 aromatic rings. The average molecular weight is 274 g/mol. The lowest BCUT2D eigenvalue weighted by Crippen LogP contribution is -2.16. The molecular weight excluding hydrogens is 260 g/mol. The van der Waals surface area contributed by atoms with E-state index in [1.807, 2.05) is 14.0 Å². The first-order chi connectivity index (χ1) is 9.47. The van der Waals surface area contributed by atoms with Gasteiger partial charge in [0.2, 0.25) is 5.91 Å². The number of aliphatic carboxylic acids is 1. The van der Waals surface area contributed by atoms with Gasteiger partial charge in [0.05, 0.1) is 29.4 Å². The number of nitrogens with one attached hydrogen (secondary N) is 1. The third kappa shape index (κ3) is 2.01. The van der Waals surface area contributed by atoms with E-state index >= 15 is 0 Å². The fourth-order valence-electron chi connectivity index (χ4n) is 2.37. The molecule has 2 unspecified atom stereocenters. The summed E-state index contributed by atoms with van der Waals surface area (Å²) in [6, 6.07) is 1.81. The van der Waals surface area contributed by atoms with Crippen molar-refractivity contribution in [1.29, 1.82) is 0 Å². The molecular formula is C13H14N4O3. The van der Waals surface area contributed by atoms with Crippen molar-refractivity contribution in [3.63, 3.8) is 0 Å². The molecule has 2 N–H and O–H groups in total. The molecule has 0 spiro atoms. The molecule has 1 fully saturated rings. The van der Waals surface area contributed by atoms with Crippen LogP contribution in [0.4, 0.5) is 5.69 Å². The smallest absolute Gasteiger partial charge is 0.307 e. The van der Waals surface area contributed by atoms with Crippen LogP contribution in [0, 0.1) is 18.8 Å². The molecule has 104 valence electrons. The first kappa shape index (κ1) is 12.6. The molecule has 0 saturated heterocycles.